The summed E-state index contributed by atoms with van der Waals surface area (Å²) in [5.74, 6) is 0.614. The maximum atomic E-state index is 12.5. The number of carbonyl (C=O) groups is 1. The van der Waals surface area contributed by atoms with Gasteiger partial charge in [0.15, 0.2) is 0 Å². The summed E-state index contributed by atoms with van der Waals surface area (Å²) in [5, 5.41) is 12.2. The van der Waals surface area contributed by atoms with E-state index < -0.39 is 5.91 Å². The zero-order valence-corrected chi connectivity index (χ0v) is 16.6. The van der Waals surface area contributed by atoms with Crippen molar-refractivity contribution in [1.29, 1.82) is 5.26 Å². The third-order valence-corrected chi connectivity index (χ3v) is 4.42. The van der Waals surface area contributed by atoms with Gasteiger partial charge in [0.25, 0.3) is 5.91 Å². The number of anilines is 1. The Hall–Kier alpha value is -2.78. The summed E-state index contributed by atoms with van der Waals surface area (Å²) in [4.78, 5) is 12.5. The largest absolute Gasteiger partial charge is 0.496 e. The summed E-state index contributed by atoms with van der Waals surface area (Å²) in [6.07, 6.45) is 1.49. The minimum absolute atomic E-state index is 0.0275. The summed E-state index contributed by atoms with van der Waals surface area (Å²) in [7, 11) is 3.06. The molecule has 0 aromatic heterocycles. The van der Waals surface area contributed by atoms with Crippen LogP contribution >= 0.6 is 15.9 Å². The van der Waals surface area contributed by atoms with Gasteiger partial charge in [-0.05, 0) is 53.5 Å². The first-order chi connectivity index (χ1) is 12.4. The summed E-state index contributed by atoms with van der Waals surface area (Å²) < 4.78 is 11.3. The molecule has 5 nitrogen and oxygen atoms in total. The first kappa shape index (κ1) is 19.5. The van der Waals surface area contributed by atoms with Crippen LogP contribution in [0, 0.1) is 25.2 Å². The van der Waals surface area contributed by atoms with Crippen LogP contribution in [-0.2, 0) is 4.79 Å². The summed E-state index contributed by atoms with van der Waals surface area (Å²) >= 11 is 3.40. The second kappa shape index (κ2) is 8.54. The predicted molar refractivity (Wildman–Crippen MR) is 105 cm³/mol. The van der Waals surface area contributed by atoms with E-state index >= 15 is 0 Å². The fourth-order valence-corrected chi connectivity index (χ4v) is 2.97. The molecular weight excluding hydrogens is 396 g/mol. The van der Waals surface area contributed by atoms with Crippen molar-refractivity contribution >= 4 is 33.6 Å². The Bertz CT molecular complexity index is 914. The highest BCUT2D eigenvalue weighted by Crippen LogP contribution is 2.34. The second-order valence-corrected chi connectivity index (χ2v) is 6.53. The van der Waals surface area contributed by atoms with E-state index in [1.165, 1.54) is 13.2 Å². The van der Waals surface area contributed by atoms with Crippen molar-refractivity contribution in [3.8, 4) is 17.6 Å². The molecule has 0 radical (unpaired) electrons. The number of hydrogen-bond acceptors (Lipinski definition) is 4. The molecule has 1 N–H and O–H groups in total. The molecule has 0 aliphatic heterocycles. The summed E-state index contributed by atoms with van der Waals surface area (Å²) in [6, 6.07) is 11.1. The number of halogens is 1. The molecule has 0 aliphatic carbocycles. The number of rotatable bonds is 5. The smallest absolute Gasteiger partial charge is 0.266 e. The van der Waals surface area contributed by atoms with Crippen molar-refractivity contribution in [3.05, 3.63) is 57.1 Å². The SMILES string of the molecule is COc1cc(OC)c(/C=C(\C#N)C(=O)Nc2ccc(C)cc2C)cc1Br. The standard InChI is InChI=1S/C20H19BrN2O3/c1-12-5-6-17(13(2)7-12)23-20(24)15(11-22)8-14-9-16(21)19(26-4)10-18(14)25-3/h5-10H,1-4H3,(H,23,24)/b15-8+. The Morgan fingerprint density at radius 1 is 1.15 bits per heavy atom. The number of ether oxygens (including phenoxy) is 2. The van der Waals surface area contributed by atoms with Gasteiger partial charge in [0.2, 0.25) is 0 Å². The maximum absolute atomic E-state index is 12.5. The van der Waals surface area contributed by atoms with Crippen LogP contribution in [0.25, 0.3) is 6.08 Å². The fourth-order valence-electron chi connectivity index (χ4n) is 2.44. The zero-order valence-electron chi connectivity index (χ0n) is 15.0. The number of carbonyl (C=O) groups excluding carboxylic acids is 1. The van der Waals surface area contributed by atoms with Crippen LogP contribution in [0.1, 0.15) is 16.7 Å². The van der Waals surface area contributed by atoms with Crippen molar-refractivity contribution < 1.29 is 14.3 Å². The Kier molecular flexibility index (Phi) is 6.42. The molecule has 0 unspecified atom stereocenters. The van der Waals surface area contributed by atoms with Crippen molar-refractivity contribution in [2.45, 2.75) is 13.8 Å². The van der Waals surface area contributed by atoms with Crippen molar-refractivity contribution in [2.75, 3.05) is 19.5 Å². The summed E-state index contributed by atoms with van der Waals surface area (Å²) in [5.41, 5.74) is 3.27. The molecular formula is C20H19BrN2O3. The lowest BCUT2D eigenvalue weighted by molar-refractivity contribution is -0.112. The minimum atomic E-state index is -0.478. The lowest BCUT2D eigenvalue weighted by Crippen LogP contribution is -2.14. The molecule has 134 valence electrons. The van der Waals surface area contributed by atoms with Crippen LogP contribution in [0.4, 0.5) is 5.69 Å². The molecule has 1 amide bonds. The Labute approximate surface area is 161 Å². The van der Waals surface area contributed by atoms with E-state index in [1.54, 1.807) is 19.2 Å². The highest BCUT2D eigenvalue weighted by molar-refractivity contribution is 9.10. The highest BCUT2D eigenvalue weighted by atomic mass is 79.9. The van der Waals surface area contributed by atoms with E-state index in [4.69, 9.17) is 9.47 Å². The number of aryl methyl sites for hydroxylation is 2. The molecule has 2 aromatic carbocycles. The maximum Gasteiger partial charge on any atom is 0.266 e. The first-order valence-electron chi connectivity index (χ1n) is 7.81. The second-order valence-electron chi connectivity index (χ2n) is 5.67. The van der Waals surface area contributed by atoms with Crippen LogP contribution in [0.15, 0.2) is 40.4 Å². The molecule has 0 bridgehead atoms. The molecule has 2 rings (SSSR count). The third-order valence-electron chi connectivity index (χ3n) is 3.80. The van der Waals surface area contributed by atoms with Gasteiger partial charge in [-0.3, -0.25) is 4.79 Å². The molecule has 0 spiro atoms. The lowest BCUT2D eigenvalue weighted by atomic mass is 10.1. The van der Waals surface area contributed by atoms with E-state index in [-0.39, 0.29) is 5.57 Å². The average molecular weight is 415 g/mol. The molecule has 0 aliphatic rings. The zero-order chi connectivity index (χ0) is 19.3. The predicted octanol–water partition coefficient (Wildman–Crippen LogP) is 4.63. The molecule has 0 saturated carbocycles. The van der Waals surface area contributed by atoms with Gasteiger partial charge in [-0.25, -0.2) is 0 Å². The number of nitrogens with one attached hydrogen (secondary N) is 1. The van der Waals surface area contributed by atoms with Crippen molar-refractivity contribution in [2.24, 2.45) is 0 Å². The number of amides is 1. The topological polar surface area (TPSA) is 71.3 Å². The fraction of sp³-hybridized carbons (Fsp3) is 0.200. The van der Waals surface area contributed by atoms with Gasteiger partial charge in [-0.1, -0.05) is 17.7 Å². The van der Waals surface area contributed by atoms with Gasteiger partial charge in [0, 0.05) is 17.3 Å². The number of methoxy groups -OCH3 is 2. The highest BCUT2D eigenvalue weighted by Gasteiger charge is 2.14. The minimum Gasteiger partial charge on any atom is -0.496 e. The van der Waals surface area contributed by atoms with E-state index in [2.05, 4.69) is 21.2 Å². The third kappa shape index (κ3) is 4.44. The van der Waals surface area contributed by atoms with Crippen LogP contribution in [0.5, 0.6) is 11.5 Å². The van der Waals surface area contributed by atoms with Gasteiger partial charge in [-0.2, -0.15) is 5.26 Å². The monoisotopic (exact) mass is 414 g/mol. The van der Waals surface area contributed by atoms with E-state index in [9.17, 15) is 10.1 Å². The molecule has 0 atom stereocenters. The molecule has 0 fully saturated rings. The Balaban J connectivity index is 2.37. The van der Waals surface area contributed by atoms with Crippen molar-refractivity contribution in [1.82, 2.24) is 0 Å². The number of hydrogen-bond donors (Lipinski definition) is 1. The van der Waals surface area contributed by atoms with E-state index in [0.29, 0.717) is 27.2 Å². The van der Waals surface area contributed by atoms with Crippen molar-refractivity contribution in [3.63, 3.8) is 0 Å². The lowest BCUT2D eigenvalue weighted by Gasteiger charge is -2.11. The molecule has 0 heterocycles. The number of benzene rings is 2. The molecule has 0 saturated heterocycles. The van der Waals surface area contributed by atoms with E-state index in [1.807, 2.05) is 38.1 Å². The first-order valence-corrected chi connectivity index (χ1v) is 8.60. The van der Waals surface area contributed by atoms with E-state index in [0.717, 1.165) is 11.1 Å². The molecule has 2 aromatic rings. The molecule has 26 heavy (non-hydrogen) atoms. The quantitative estimate of drug-likeness (QED) is 0.571. The van der Waals surface area contributed by atoms with Crippen LogP contribution in [0.2, 0.25) is 0 Å². The Morgan fingerprint density at radius 2 is 1.85 bits per heavy atom. The summed E-state index contributed by atoms with van der Waals surface area (Å²) in [6.45, 7) is 3.88. The number of nitrogens with zero attached hydrogens (tertiary/aromatic N) is 1. The van der Waals surface area contributed by atoms with Gasteiger partial charge in [-0.15, -0.1) is 0 Å². The van der Waals surface area contributed by atoms with Crippen LogP contribution in [0.3, 0.4) is 0 Å². The van der Waals surface area contributed by atoms with Gasteiger partial charge < -0.3 is 14.8 Å². The normalized spacial score (nSPS) is 10.8. The van der Waals surface area contributed by atoms with Gasteiger partial charge in [0.05, 0.1) is 18.7 Å². The van der Waals surface area contributed by atoms with Gasteiger partial charge >= 0.3 is 0 Å². The van der Waals surface area contributed by atoms with Crippen LogP contribution < -0.4 is 14.8 Å². The molecule has 6 heteroatoms. The Morgan fingerprint density at radius 3 is 2.42 bits per heavy atom. The number of nitriles is 1. The average Bonchev–Trinajstić information content (AvgIpc) is 2.62. The van der Waals surface area contributed by atoms with Gasteiger partial charge in [0.1, 0.15) is 23.1 Å². The van der Waals surface area contributed by atoms with Crippen LogP contribution in [-0.4, -0.2) is 20.1 Å².